The summed E-state index contributed by atoms with van der Waals surface area (Å²) < 4.78 is 11.0. The number of carbonyl (C=O) groups is 1. The van der Waals surface area contributed by atoms with Crippen LogP contribution in [0.1, 0.15) is 37.5 Å². The lowest BCUT2D eigenvalue weighted by Crippen LogP contribution is -2.54. The van der Waals surface area contributed by atoms with Crippen LogP contribution in [0.15, 0.2) is 22.6 Å². The van der Waals surface area contributed by atoms with E-state index >= 15 is 0 Å². The SMILES string of the molecule is Cl.NC1(C(=O)Nc2ccc3oc(C4CC4)nc3c2)CCOCC1. The van der Waals surface area contributed by atoms with Crippen molar-refractivity contribution in [3.63, 3.8) is 0 Å². The van der Waals surface area contributed by atoms with Gasteiger partial charge in [-0.3, -0.25) is 4.79 Å². The molecule has 1 amide bonds. The van der Waals surface area contributed by atoms with E-state index in [1.807, 2.05) is 18.2 Å². The number of aromatic nitrogens is 1. The molecule has 23 heavy (non-hydrogen) atoms. The van der Waals surface area contributed by atoms with Gasteiger partial charge in [-0.05, 0) is 43.9 Å². The molecule has 2 fully saturated rings. The third-order valence-corrected chi connectivity index (χ3v) is 4.43. The Hall–Kier alpha value is -1.63. The normalized spacial score (nSPS) is 20.0. The predicted octanol–water partition coefficient (Wildman–Crippen LogP) is 2.57. The quantitative estimate of drug-likeness (QED) is 0.898. The van der Waals surface area contributed by atoms with Crippen LogP contribution in [0.5, 0.6) is 0 Å². The second-order valence-corrected chi connectivity index (χ2v) is 6.23. The number of anilines is 1. The molecule has 0 bridgehead atoms. The van der Waals surface area contributed by atoms with Crippen LogP contribution < -0.4 is 11.1 Å². The fourth-order valence-corrected chi connectivity index (χ4v) is 2.75. The maximum atomic E-state index is 12.4. The van der Waals surface area contributed by atoms with E-state index in [4.69, 9.17) is 14.9 Å². The predicted molar refractivity (Wildman–Crippen MR) is 88.8 cm³/mol. The zero-order valence-corrected chi connectivity index (χ0v) is 13.5. The molecular formula is C16H20ClN3O3. The van der Waals surface area contributed by atoms with Gasteiger partial charge < -0.3 is 20.2 Å². The minimum absolute atomic E-state index is 0. The number of hydrogen-bond acceptors (Lipinski definition) is 5. The number of halogens is 1. The van der Waals surface area contributed by atoms with Crippen molar-refractivity contribution in [2.45, 2.75) is 37.1 Å². The van der Waals surface area contributed by atoms with Gasteiger partial charge in [0.05, 0.1) is 0 Å². The highest BCUT2D eigenvalue weighted by atomic mass is 35.5. The Balaban J connectivity index is 0.00000156. The van der Waals surface area contributed by atoms with Crippen molar-refractivity contribution in [3.8, 4) is 0 Å². The average Bonchev–Trinajstić information content (AvgIpc) is 3.28. The molecule has 3 N–H and O–H groups in total. The number of benzene rings is 1. The Morgan fingerprint density at radius 3 is 2.74 bits per heavy atom. The van der Waals surface area contributed by atoms with Crippen molar-refractivity contribution in [1.82, 2.24) is 4.98 Å². The summed E-state index contributed by atoms with van der Waals surface area (Å²) in [5, 5.41) is 2.90. The second kappa shape index (κ2) is 6.11. The summed E-state index contributed by atoms with van der Waals surface area (Å²) in [4.78, 5) is 16.9. The molecular weight excluding hydrogens is 318 g/mol. The van der Waals surface area contributed by atoms with Gasteiger partial charge in [0, 0.05) is 24.8 Å². The molecule has 0 spiro atoms. The minimum Gasteiger partial charge on any atom is -0.440 e. The first kappa shape index (κ1) is 16.2. The van der Waals surface area contributed by atoms with Crippen LogP contribution >= 0.6 is 12.4 Å². The molecule has 1 saturated heterocycles. The van der Waals surface area contributed by atoms with Crippen LogP contribution in [-0.4, -0.2) is 29.6 Å². The van der Waals surface area contributed by atoms with Crippen molar-refractivity contribution >= 4 is 35.1 Å². The highest BCUT2D eigenvalue weighted by Gasteiger charge is 2.36. The van der Waals surface area contributed by atoms with Crippen molar-refractivity contribution < 1.29 is 13.9 Å². The summed E-state index contributed by atoms with van der Waals surface area (Å²) in [6.07, 6.45) is 3.37. The Kier molecular flexibility index (Phi) is 4.31. The fraction of sp³-hybridized carbons (Fsp3) is 0.500. The number of nitrogens with zero attached hydrogens (tertiary/aromatic N) is 1. The number of amides is 1. The molecule has 1 aliphatic carbocycles. The van der Waals surface area contributed by atoms with Gasteiger partial charge in [0.15, 0.2) is 11.5 Å². The van der Waals surface area contributed by atoms with E-state index in [1.165, 1.54) is 0 Å². The van der Waals surface area contributed by atoms with Crippen LogP contribution in [0.3, 0.4) is 0 Å². The molecule has 1 saturated carbocycles. The third kappa shape index (κ3) is 3.20. The second-order valence-electron chi connectivity index (χ2n) is 6.23. The van der Waals surface area contributed by atoms with Gasteiger partial charge >= 0.3 is 0 Å². The molecule has 1 aromatic heterocycles. The summed E-state index contributed by atoms with van der Waals surface area (Å²) in [6.45, 7) is 1.05. The number of oxazole rings is 1. The number of fused-ring (bicyclic) bond motifs is 1. The van der Waals surface area contributed by atoms with Gasteiger partial charge in [-0.1, -0.05) is 0 Å². The first-order valence-electron chi connectivity index (χ1n) is 7.73. The maximum Gasteiger partial charge on any atom is 0.244 e. The smallest absolute Gasteiger partial charge is 0.244 e. The highest BCUT2D eigenvalue weighted by molar-refractivity contribution is 5.99. The van der Waals surface area contributed by atoms with Crippen molar-refractivity contribution in [3.05, 3.63) is 24.1 Å². The molecule has 7 heteroatoms. The fourth-order valence-electron chi connectivity index (χ4n) is 2.75. The number of rotatable bonds is 3. The molecule has 0 atom stereocenters. The lowest BCUT2D eigenvalue weighted by atomic mass is 9.90. The largest absolute Gasteiger partial charge is 0.440 e. The van der Waals surface area contributed by atoms with Crippen molar-refractivity contribution in [2.75, 3.05) is 18.5 Å². The van der Waals surface area contributed by atoms with Crippen LogP contribution in [0.2, 0.25) is 0 Å². The molecule has 2 aromatic rings. The Morgan fingerprint density at radius 1 is 1.30 bits per heavy atom. The van der Waals surface area contributed by atoms with Gasteiger partial charge in [-0.2, -0.15) is 0 Å². The van der Waals surface area contributed by atoms with Crippen LogP contribution in [0.4, 0.5) is 5.69 Å². The lowest BCUT2D eigenvalue weighted by Gasteiger charge is -2.31. The van der Waals surface area contributed by atoms with Crippen molar-refractivity contribution in [1.29, 1.82) is 0 Å². The van der Waals surface area contributed by atoms with Gasteiger partial charge in [0.2, 0.25) is 5.91 Å². The van der Waals surface area contributed by atoms with E-state index in [9.17, 15) is 4.79 Å². The molecule has 0 unspecified atom stereocenters. The highest BCUT2D eigenvalue weighted by Crippen LogP contribution is 2.40. The molecule has 1 aliphatic heterocycles. The number of ether oxygens (including phenoxy) is 1. The summed E-state index contributed by atoms with van der Waals surface area (Å²) in [6, 6.07) is 5.51. The third-order valence-electron chi connectivity index (χ3n) is 4.43. The van der Waals surface area contributed by atoms with E-state index in [2.05, 4.69) is 10.3 Å². The summed E-state index contributed by atoms with van der Waals surface area (Å²) in [5.41, 5.74) is 7.57. The van der Waals surface area contributed by atoms with Crippen LogP contribution in [0.25, 0.3) is 11.1 Å². The van der Waals surface area contributed by atoms with Crippen molar-refractivity contribution in [2.24, 2.45) is 5.73 Å². The lowest BCUT2D eigenvalue weighted by molar-refractivity contribution is -0.124. The number of carbonyl (C=O) groups excluding carboxylic acids is 1. The van der Waals surface area contributed by atoms with Crippen LogP contribution in [0, 0.1) is 0 Å². The topological polar surface area (TPSA) is 90.4 Å². The molecule has 2 heterocycles. The molecule has 124 valence electrons. The molecule has 4 rings (SSSR count). The monoisotopic (exact) mass is 337 g/mol. The first-order valence-corrected chi connectivity index (χ1v) is 7.73. The average molecular weight is 338 g/mol. The molecule has 0 radical (unpaired) electrons. The van der Waals surface area contributed by atoms with Gasteiger partial charge in [0.1, 0.15) is 11.1 Å². The van der Waals surface area contributed by atoms with Gasteiger partial charge in [-0.15, -0.1) is 12.4 Å². The van der Waals surface area contributed by atoms with E-state index in [1.54, 1.807) is 0 Å². The number of nitrogens with two attached hydrogens (primary N) is 1. The Morgan fingerprint density at radius 2 is 2.04 bits per heavy atom. The number of nitrogens with one attached hydrogen (secondary N) is 1. The zero-order chi connectivity index (χ0) is 15.2. The van der Waals surface area contributed by atoms with E-state index in [0.29, 0.717) is 37.7 Å². The molecule has 1 aromatic carbocycles. The zero-order valence-electron chi connectivity index (χ0n) is 12.7. The van der Waals surface area contributed by atoms with E-state index in [0.717, 1.165) is 29.8 Å². The summed E-state index contributed by atoms with van der Waals surface area (Å²) in [7, 11) is 0. The molecule has 6 nitrogen and oxygen atoms in total. The first-order chi connectivity index (χ1) is 10.6. The molecule has 2 aliphatic rings. The van der Waals surface area contributed by atoms with Gasteiger partial charge in [-0.25, -0.2) is 4.98 Å². The number of hydrogen-bond donors (Lipinski definition) is 2. The standard InChI is InChI=1S/C16H19N3O3.ClH/c17-16(5-7-21-8-6-16)15(20)18-11-3-4-13-12(9-11)19-14(22-13)10-1-2-10;/h3-4,9-10H,1-2,5-8,17H2,(H,18,20);1H. The van der Waals surface area contributed by atoms with E-state index < -0.39 is 5.54 Å². The minimum atomic E-state index is -0.851. The van der Waals surface area contributed by atoms with E-state index in [-0.39, 0.29) is 18.3 Å². The summed E-state index contributed by atoms with van der Waals surface area (Å²) in [5.74, 6) is 1.11. The maximum absolute atomic E-state index is 12.4. The van der Waals surface area contributed by atoms with Crippen LogP contribution in [-0.2, 0) is 9.53 Å². The summed E-state index contributed by atoms with van der Waals surface area (Å²) >= 11 is 0. The Bertz CT molecular complexity index is 720. The Labute approximate surface area is 140 Å². The van der Waals surface area contributed by atoms with Gasteiger partial charge in [0.25, 0.3) is 0 Å².